The highest BCUT2D eigenvalue weighted by molar-refractivity contribution is 6.04. The number of nitrogens with zero attached hydrogens (tertiary/aromatic N) is 3. The maximum atomic E-state index is 12.9. The molecule has 0 aliphatic heterocycles. The Morgan fingerprint density at radius 3 is 2.19 bits per heavy atom. The van der Waals surface area contributed by atoms with Gasteiger partial charge in [-0.05, 0) is 50.6 Å². The van der Waals surface area contributed by atoms with Crippen LogP contribution in [0.4, 0.5) is 11.4 Å². The molecule has 0 N–H and O–H groups in total. The van der Waals surface area contributed by atoms with E-state index in [0.717, 1.165) is 17.0 Å². The number of amides is 1. The van der Waals surface area contributed by atoms with Gasteiger partial charge < -0.3 is 14.5 Å². The molecule has 0 fully saturated rings. The summed E-state index contributed by atoms with van der Waals surface area (Å²) < 4.78 is 5.33. The smallest absolute Gasteiger partial charge is 0.256 e. The van der Waals surface area contributed by atoms with Gasteiger partial charge in [-0.3, -0.25) is 9.79 Å². The molecule has 2 rings (SSSR count). The van der Waals surface area contributed by atoms with Crippen molar-refractivity contribution in [3.63, 3.8) is 0 Å². The Morgan fingerprint density at radius 2 is 1.67 bits per heavy atom. The highest BCUT2D eigenvalue weighted by atomic mass is 16.5. The third kappa shape index (κ3) is 4.88. The van der Waals surface area contributed by atoms with Gasteiger partial charge in [-0.15, -0.1) is 0 Å². The molecule has 5 heteroatoms. The summed E-state index contributed by atoms with van der Waals surface area (Å²) in [6.07, 6.45) is 0. The van der Waals surface area contributed by atoms with Crippen molar-refractivity contribution in [2.75, 3.05) is 39.2 Å². The van der Waals surface area contributed by atoms with Gasteiger partial charge in [0, 0.05) is 44.7 Å². The molecule has 0 aromatic heterocycles. The van der Waals surface area contributed by atoms with Crippen LogP contribution in [0, 0.1) is 0 Å². The Hall–Kier alpha value is -2.82. The van der Waals surface area contributed by atoms with E-state index in [4.69, 9.17) is 9.73 Å². The van der Waals surface area contributed by atoms with E-state index in [0.29, 0.717) is 30.1 Å². The predicted molar refractivity (Wildman–Crippen MR) is 113 cm³/mol. The topological polar surface area (TPSA) is 45.1 Å². The number of anilines is 1. The summed E-state index contributed by atoms with van der Waals surface area (Å²) in [6.45, 7) is 7.23. The van der Waals surface area contributed by atoms with Crippen molar-refractivity contribution in [3.05, 3.63) is 53.6 Å². The van der Waals surface area contributed by atoms with Gasteiger partial charge in [0.05, 0.1) is 18.4 Å². The van der Waals surface area contributed by atoms with Crippen molar-refractivity contribution in [1.29, 1.82) is 0 Å². The van der Waals surface area contributed by atoms with Crippen molar-refractivity contribution in [1.82, 2.24) is 4.90 Å². The molecule has 0 unspecified atom stereocenters. The summed E-state index contributed by atoms with van der Waals surface area (Å²) in [5, 5.41) is 0. The van der Waals surface area contributed by atoms with Crippen molar-refractivity contribution in [2.45, 2.75) is 20.8 Å². The van der Waals surface area contributed by atoms with E-state index in [1.165, 1.54) is 0 Å². The van der Waals surface area contributed by atoms with Crippen LogP contribution in [0.5, 0.6) is 5.75 Å². The molecule has 0 radical (unpaired) electrons. The van der Waals surface area contributed by atoms with Crippen LogP contribution in [0.3, 0.4) is 0 Å². The van der Waals surface area contributed by atoms with Gasteiger partial charge in [0.1, 0.15) is 5.75 Å². The molecule has 2 aromatic rings. The fourth-order valence-corrected chi connectivity index (χ4v) is 2.84. The van der Waals surface area contributed by atoms with E-state index < -0.39 is 0 Å². The average Bonchev–Trinajstić information content (AvgIpc) is 2.68. The first-order valence-corrected chi connectivity index (χ1v) is 9.21. The molecule has 0 saturated heterocycles. The maximum Gasteiger partial charge on any atom is 0.256 e. The number of hydrogen-bond donors (Lipinski definition) is 0. The first-order chi connectivity index (χ1) is 12.9. The number of hydrogen-bond acceptors (Lipinski definition) is 4. The van der Waals surface area contributed by atoms with E-state index in [-0.39, 0.29) is 5.91 Å². The van der Waals surface area contributed by atoms with Crippen molar-refractivity contribution >= 4 is 23.0 Å². The molecule has 5 nitrogen and oxygen atoms in total. The number of carbonyl (C=O) groups excluding carboxylic acids is 1. The lowest BCUT2D eigenvalue weighted by atomic mass is 10.1. The third-order valence-electron chi connectivity index (χ3n) is 4.58. The lowest BCUT2D eigenvalue weighted by Gasteiger charge is -2.20. The van der Waals surface area contributed by atoms with Crippen LogP contribution in [0.15, 0.2) is 47.5 Å². The summed E-state index contributed by atoms with van der Waals surface area (Å²) in [4.78, 5) is 21.5. The maximum absolute atomic E-state index is 12.9. The van der Waals surface area contributed by atoms with Crippen LogP contribution >= 0.6 is 0 Å². The van der Waals surface area contributed by atoms with Gasteiger partial charge in [-0.2, -0.15) is 0 Å². The average molecular weight is 367 g/mol. The van der Waals surface area contributed by atoms with Gasteiger partial charge in [-0.25, -0.2) is 0 Å². The number of benzene rings is 2. The van der Waals surface area contributed by atoms with Gasteiger partial charge in [-0.1, -0.05) is 12.1 Å². The van der Waals surface area contributed by atoms with E-state index in [9.17, 15) is 4.79 Å². The summed E-state index contributed by atoms with van der Waals surface area (Å²) in [7, 11) is 5.64. The Labute approximate surface area is 162 Å². The number of carbonyl (C=O) groups is 1. The second-order valence-corrected chi connectivity index (χ2v) is 6.50. The molecule has 0 spiro atoms. The first-order valence-electron chi connectivity index (χ1n) is 9.21. The number of rotatable bonds is 7. The zero-order valence-electron chi connectivity index (χ0n) is 17.1. The Kier molecular flexibility index (Phi) is 6.99. The molecule has 0 bridgehead atoms. The van der Waals surface area contributed by atoms with Gasteiger partial charge in [0.2, 0.25) is 0 Å². The minimum atomic E-state index is -0.0165. The quantitative estimate of drug-likeness (QED) is 0.682. The summed E-state index contributed by atoms with van der Waals surface area (Å²) >= 11 is 0. The molecule has 0 aliphatic rings. The molecule has 2 aromatic carbocycles. The summed E-state index contributed by atoms with van der Waals surface area (Å²) in [5.74, 6) is 0.665. The Bertz CT molecular complexity index is 807. The fraction of sp³-hybridized carbons (Fsp3) is 0.364. The van der Waals surface area contributed by atoms with Crippen LogP contribution in [0.2, 0.25) is 0 Å². The van der Waals surface area contributed by atoms with Gasteiger partial charge in [0.15, 0.2) is 0 Å². The van der Waals surface area contributed by atoms with Crippen LogP contribution in [-0.4, -0.2) is 50.8 Å². The molecule has 0 heterocycles. The predicted octanol–water partition coefficient (Wildman–Crippen LogP) is 4.38. The first kappa shape index (κ1) is 20.5. The minimum absolute atomic E-state index is 0.0165. The lowest BCUT2D eigenvalue weighted by Crippen LogP contribution is -2.30. The molecule has 1 amide bonds. The molecule has 0 atom stereocenters. The van der Waals surface area contributed by atoms with E-state index in [1.807, 2.05) is 53.1 Å². The molecule has 144 valence electrons. The standard InChI is InChI=1S/C22H29N3O2/c1-7-25(8-2)22(26)20-14-13-19(27-6)15-21(20)23-16(3)17-9-11-18(12-10-17)24(4)5/h9-15H,7-8H2,1-6H3. The normalized spacial score (nSPS) is 11.3. The number of methoxy groups -OCH3 is 1. The largest absolute Gasteiger partial charge is 0.497 e. The van der Waals surface area contributed by atoms with Crippen LogP contribution in [0.1, 0.15) is 36.7 Å². The SMILES string of the molecule is CCN(CC)C(=O)c1ccc(OC)cc1N=C(C)c1ccc(N(C)C)cc1. The van der Waals surface area contributed by atoms with Crippen LogP contribution in [-0.2, 0) is 0 Å². The Morgan fingerprint density at radius 1 is 1.04 bits per heavy atom. The van der Waals surface area contributed by atoms with E-state index in [1.54, 1.807) is 24.1 Å². The highest BCUT2D eigenvalue weighted by Crippen LogP contribution is 2.27. The van der Waals surface area contributed by atoms with E-state index in [2.05, 4.69) is 17.0 Å². The molecular formula is C22H29N3O2. The molecule has 0 aliphatic carbocycles. The molecule has 0 saturated carbocycles. The summed E-state index contributed by atoms with van der Waals surface area (Å²) in [6, 6.07) is 13.6. The van der Waals surface area contributed by atoms with Crippen molar-refractivity contribution < 1.29 is 9.53 Å². The van der Waals surface area contributed by atoms with Gasteiger partial charge in [0.25, 0.3) is 5.91 Å². The second-order valence-electron chi connectivity index (χ2n) is 6.50. The van der Waals surface area contributed by atoms with Crippen molar-refractivity contribution in [2.24, 2.45) is 4.99 Å². The third-order valence-corrected chi connectivity index (χ3v) is 4.58. The lowest BCUT2D eigenvalue weighted by molar-refractivity contribution is 0.0774. The summed E-state index contributed by atoms with van der Waals surface area (Å²) in [5.41, 5.74) is 4.21. The fourth-order valence-electron chi connectivity index (χ4n) is 2.84. The van der Waals surface area contributed by atoms with E-state index >= 15 is 0 Å². The molecular weight excluding hydrogens is 338 g/mol. The van der Waals surface area contributed by atoms with Crippen molar-refractivity contribution in [3.8, 4) is 5.75 Å². The zero-order chi connectivity index (χ0) is 20.0. The highest BCUT2D eigenvalue weighted by Gasteiger charge is 2.17. The zero-order valence-corrected chi connectivity index (χ0v) is 17.1. The number of aliphatic imine (C=N–C) groups is 1. The van der Waals surface area contributed by atoms with Crippen LogP contribution in [0.25, 0.3) is 0 Å². The second kappa shape index (κ2) is 9.21. The molecule has 27 heavy (non-hydrogen) atoms. The minimum Gasteiger partial charge on any atom is -0.497 e. The van der Waals surface area contributed by atoms with Crippen LogP contribution < -0.4 is 9.64 Å². The monoisotopic (exact) mass is 367 g/mol. The number of ether oxygens (including phenoxy) is 1. The Balaban J connectivity index is 2.45. The van der Waals surface area contributed by atoms with Gasteiger partial charge >= 0.3 is 0 Å².